The average Bonchev–Trinajstić information content (AvgIpc) is 4.23. The predicted molar refractivity (Wildman–Crippen MR) is 313 cm³/mol. The Morgan fingerprint density at radius 1 is 0.284 bits per heavy atom. The van der Waals surface area contributed by atoms with E-state index in [4.69, 9.17) is 0 Å². The van der Waals surface area contributed by atoms with Crippen LogP contribution in [0.2, 0.25) is 0 Å². The number of aromatic nitrogens is 4. The molecule has 6 heteroatoms. The van der Waals surface area contributed by atoms with E-state index < -0.39 is 0 Å². The molecule has 2 aliphatic heterocycles. The lowest BCUT2D eigenvalue weighted by atomic mass is 9.33. The molecular formula is C68H44BN5. The fourth-order valence-electron chi connectivity index (χ4n) is 13.8. The zero-order chi connectivity index (χ0) is 48.5. The Hall–Kier alpha value is -9.52. The molecule has 15 aromatic rings. The number of benzene rings is 11. The number of aryl methyl sites for hydroxylation is 2. The van der Waals surface area contributed by atoms with Crippen LogP contribution in [0.3, 0.4) is 0 Å². The van der Waals surface area contributed by atoms with Crippen LogP contribution in [0.25, 0.3) is 110 Å². The molecule has 0 saturated carbocycles. The van der Waals surface area contributed by atoms with Crippen LogP contribution in [0.4, 0.5) is 17.1 Å². The summed E-state index contributed by atoms with van der Waals surface area (Å²) >= 11 is 0. The summed E-state index contributed by atoms with van der Waals surface area (Å²) in [6.07, 6.45) is 0. The first-order chi connectivity index (χ1) is 36.6. The van der Waals surface area contributed by atoms with E-state index in [1.807, 2.05) is 0 Å². The van der Waals surface area contributed by atoms with E-state index in [1.165, 1.54) is 132 Å². The van der Waals surface area contributed by atoms with Gasteiger partial charge in [-0.25, -0.2) is 0 Å². The van der Waals surface area contributed by atoms with Gasteiger partial charge in [0.25, 0.3) is 6.71 Å². The molecule has 11 aromatic carbocycles. The van der Waals surface area contributed by atoms with Gasteiger partial charge in [-0.1, -0.05) is 145 Å². The quantitative estimate of drug-likeness (QED) is 0.161. The number of rotatable bonds is 4. The maximum absolute atomic E-state index is 2.60. The van der Waals surface area contributed by atoms with Crippen LogP contribution >= 0.6 is 0 Å². The first-order valence-corrected chi connectivity index (χ1v) is 25.8. The third-order valence-electron chi connectivity index (χ3n) is 16.5. The molecule has 0 unspecified atom stereocenters. The molecule has 5 nitrogen and oxygen atoms in total. The maximum Gasteiger partial charge on any atom is 0.252 e. The molecule has 2 aliphatic rings. The molecule has 0 radical (unpaired) electrons. The summed E-state index contributed by atoms with van der Waals surface area (Å²) in [6, 6.07) is 86.3. The van der Waals surface area contributed by atoms with Crippen molar-refractivity contribution in [2.24, 2.45) is 0 Å². The van der Waals surface area contributed by atoms with Crippen LogP contribution in [0, 0.1) is 13.8 Å². The molecule has 6 heterocycles. The Labute approximate surface area is 426 Å². The molecule has 4 aromatic heterocycles. The highest BCUT2D eigenvalue weighted by Crippen LogP contribution is 2.51. The molecule has 0 bridgehead atoms. The van der Waals surface area contributed by atoms with Gasteiger partial charge in [0, 0.05) is 88.4 Å². The summed E-state index contributed by atoms with van der Waals surface area (Å²) in [7, 11) is 0. The molecule has 0 spiro atoms. The van der Waals surface area contributed by atoms with Gasteiger partial charge in [0.2, 0.25) is 0 Å². The van der Waals surface area contributed by atoms with Crippen molar-refractivity contribution < 1.29 is 0 Å². The smallest absolute Gasteiger partial charge is 0.252 e. The lowest BCUT2D eigenvalue weighted by Crippen LogP contribution is -2.60. The van der Waals surface area contributed by atoms with Gasteiger partial charge in [-0.05, 0) is 127 Å². The Balaban J connectivity index is 1.05. The lowest BCUT2D eigenvalue weighted by Gasteiger charge is -2.40. The normalized spacial score (nSPS) is 12.9. The van der Waals surface area contributed by atoms with Crippen LogP contribution in [-0.2, 0) is 0 Å². The Bertz CT molecular complexity index is 4850. The average molecular weight is 942 g/mol. The van der Waals surface area contributed by atoms with E-state index in [0.717, 1.165) is 22.7 Å². The molecule has 0 N–H and O–H groups in total. The SMILES string of the molecule is Cc1ccc2c(c1)c1cc(C)cc3c1n2-c1cccc2c1B3c1ccc(-n3c4ccccc4c4c5c(c6ccccc6n5-c5ccccc5)c5c(c6ccccc6n5-c5ccccc5)c43)cc1N2c1ccccc1. The van der Waals surface area contributed by atoms with Crippen molar-refractivity contribution in [1.82, 2.24) is 18.3 Å². The highest BCUT2D eigenvalue weighted by Gasteiger charge is 2.42. The number of anilines is 3. The van der Waals surface area contributed by atoms with Crippen molar-refractivity contribution in [3.63, 3.8) is 0 Å². The maximum atomic E-state index is 2.60. The van der Waals surface area contributed by atoms with Crippen LogP contribution < -0.4 is 21.3 Å². The zero-order valence-corrected chi connectivity index (χ0v) is 40.8. The number of hydrogen-bond donors (Lipinski definition) is 0. The van der Waals surface area contributed by atoms with E-state index in [1.54, 1.807) is 0 Å². The Kier molecular flexibility index (Phi) is 7.89. The van der Waals surface area contributed by atoms with Crippen LogP contribution in [-0.4, -0.2) is 25.0 Å². The molecule has 17 rings (SSSR count). The minimum Gasteiger partial charge on any atom is -0.311 e. The van der Waals surface area contributed by atoms with Crippen LogP contribution in [0.5, 0.6) is 0 Å². The van der Waals surface area contributed by atoms with E-state index in [2.05, 4.69) is 268 Å². The standard InChI is InChI=1S/C68H44BN5/c1-41-33-36-57-50(37-41)51-38-42(2)39-53-65(51)74(57)59-32-18-31-58-64(59)69(53)52-35-34-46(40-60(52)70(58)43-19-6-3-7-20-43)73-56-30-17-14-27-49(56)63-67-61(47-25-12-15-28-54(47)71(67)44-21-8-4-9-22-44)66-62(68(63)73)48-26-13-16-29-55(48)72(66)45-23-10-5-11-24-45/h3-40H,1-2H3. The third kappa shape index (κ3) is 5.09. The van der Waals surface area contributed by atoms with Gasteiger partial charge < -0.3 is 23.2 Å². The van der Waals surface area contributed by atoms with Crippen molar-refractivity contribution in [2.75, 3.05) is 4.90 Å². The molecule has 0 atom stereocenters. The van der Waals surface area contributed by atoms with Crippen molar-refractivity contribution in [3.05, 3.63) is 242 Å². The van der Waals surface area contributed by atoms with Crippen molar-refractivity contribution in [3.8, 4) is 22.7 Å². The van der Waals surface area contributed by atoms with Crippen molar-refractivity contribution in [2.45, 2.75) is 13.8 Å². The minimum absolute atomic E-state index is 0.0143. The highest BCUT2D eigenvalue weighted by atomic mass is 15.2. The Morgan fingerprint density at radius 3 is 1.35 bits per heavy atom. The molecule has 344 valence electrons. The Morgan fingerprint density at radius 2 is 0.770 bits per heavy atom. The minimum atomic E-state index is 0.0143. The van der Waals surface area contributed by atoms with Gasteiger partial charge in [0.05, 0.1) is 38.6 Å². The molecule has 0 fully saturated rings. The van der Waals surface area contributed by atoms with Gasteiger partial charge in [0.15, 0.2) is 0 Å². The largest absolute Gasteiger partial charge is 0.311 e. The number of fused-ring (bicyclic) bond motifs is 19. The van der Waals surface area contributed by atoms with E-state index >= 15 is 0 Å². The van der Waals surface area contributed by atoms with Gasteiger partial charge in [-0.15, -0.1) is 0 Å². The summed E-state index contributed by atoms with van der Waals surface area (Å²) in [5, 5.41) is 10.0. The fourth-order valence-corrected chi connectivity index (χ4v) is 13.8. The summed E-state index contributed by atoms with van der Waals surface area (Å²) in [4.78, 5) is 2.54. The predicted octanol–water partition coefficient (Wildman–Crippen LogP) is 15.3. The van der Waals surface area contributed by atoms with Gasteiger partial charge in [-0.2, -0.15) is 0 Å². The molecule has 0 aliphatic carbocycles. The van der Waals surface area contributed by atoms with Gasteiger partial charge in [-0.3, -0.25) is 0 Å². The van der Waals surface area contributed by atoms with Crippen LogP contribution in [0.15, 0.2) is 231 Å². The number of para-hydroxylation sites is 6. The molecule has 0 amide bonds. The summed E-state index contributed by atoms with van der Waals surface area (Å²) in [5.74, 6) is 0. The number of hydrogen-bond acceptors (Lipinski definition) is 1. The second-order valence-corrected chi connectivity index (χ2v) is 20.6. The van der Waals surface area contributed by atoms with E-state index in [9.17, 15) is 0 Å². The first-order valence-electron chi connectivity index (χ1n) is 25.8. The third-order valence-corrected chi connectivity index (χ3v) is 16.5. The molecule has 0 saturated heterocycles. The lowest BCUT2D eigenvalue weighted by molar-refractivity contribution is 1.16. The van der Waals surface area contributed by atoms with Gasteiger partial charge in [0.1, 0.15) is 0 Å². The second kappa shape index (κ2) is 14.6. The van der Waals surface area contributed by atoms with Gasteiger partial charge >= 0.3 is 0 Å². The van der Waals surface area contributed by atoms with E-state index in [0.29, 0.717) is 0 Å². The summed E-state index contributed by atoms with van der Waals surface area (Å²) in [6.45, 7) is 4.49. The fraction of sp³-hybridized carbons (Fsp3) is 0.0294. The van der Waals surface area contributed by atoms with Crippen LogP contribution in [0.1, 0.15) is 11.1 Å². The van der Waals surface area contributed by atoms with Crippen molar-refractivity contribution >= 4 is 127 Å². The second-order valence-electron chi connectivity index (χ2n) is 20.6. The zero-order valence-electron chi connectivity index (χ0n) is 40.8. The summed E-state index contributed by atoms with van der Waals surface area (Å²) < 4.78 is 10.2. The van der Waals surface area contributed by atoms with Crippen molar-refractivity contribution in [1.29, 1.82) is 0 Å². The molecular weight excluding hydrogens is 898 g/mol. The topological polar surface area (TPSA) is 23.0 Å². The molecule has 74 heavy (non-hydrogen) atoms. The van der Waals surface area contributed by atoms with E-state index in [-0.39, 0.29) is 6.71 Å². The monoisotopic (exact) mass is 941 g/mol. The first kappa shape index (κ1) is 40.1. The number of nitrogens with zero attached hydrogens (tertiary/aromatic N) is 5. The summed E-state index contributed by atoms with van der Waals surface area (Å²) in [5.41, 5.74) is 24.4. The highest BCUT2D eigenvalue weighted by molar-refractivity contribution is 7.00.